The third kappa shape index (κ3) is 2.47. The summed E-state index contributed by atoms with van der Waals surface area (Å²) in [5, 5.41) is 3.46. The Balaban J connectivity index is 2.08. The van der Waals surface area contributed by atoms with Crippen LogP contribution in [-0.2, 0) is 6.54 Å². The Bertz CT molecular complexity index is 352. The number of hydrogen-bond acceptors (Lipinski definition) is 3. The van der Waals surface area contributed by atoms with Gasteiger partial charge in [-0.15, -0.1) is 0 Å². The van der Waals surface area contributed by atoms with E-state index in [1.54, 1.807) is 0 Å². The summed E-state index contributed by atoms with van der Waals surface area (Å²) < 4.78 is 11.2. The minimum atomic E-state index is 0.528. The zero-order chi connectivity index (χ0) is 11.4. The van der Waals surface area contributed by atoms with Gasteiger partial charge in [-0.25, -0.2) is 0 Å². The molecule has 0 fully saturated rings. The summed E-state index contributed by atoms with van der Waals surface area (Å²) in [6, 6.07) is 6.59. The largest absolute Gasteiger partial charge is 0.486 e. The van der Waals surface area contributed by atoms with Gasteiger partial charge < -0.3 is 14.8 Å². The molecule has 0 saturated heterocycles. The first-order valence-electron chi connectivity index (χ1n) is 5.92. The van der Waals surface area contributed by atoms with Crippen molar-refractivity contribution in [1.82, 2.24) is 5.32 Å². The molecule has 0 spiro atoms. The van der Waals surface area contributed by atoms with Gasteiger partial charge in [0.2, 0.25) is 0 Å². The van der Waals surface area contributed by atoms with Crippen molar-refractivity contribution in [3.8, 4) is 11.5 Å². The van der Waals surface area contributed by atoms with Crippen LogP contribution in [0.5, 0.6) is 11.5 Å². The molecular formula is C13H19NO2. The topological polar surface area (TPSA) is 30.5 Å². The van der Waals surface area contributed by atoms with E-state index in [0.29, 0.717) is 19.3 Å². The van der Waals surface area contributed by atoms with Crippen molar-refractivity contribution in [3.63, 3.8) is 0 Å². The van der Waals surface area contributed by atoms with Crippen LogP contribution in [0.25, 0.3) is 0 Å². The van der Waals surface area contributed by atoms with E-state index in [2.05, 4.69) is 25.2 Å². The predicted molar refractivity (Wildman–Crippen MR) is 64.0 cm³/mol. The molecule has 1 aliphatic rings. The maximum absolute atomic E-state index is 5.66. The number of rotatable bonds is 4. The van der Waals surface area contributed by atoms with E-state index < -0.39 is 0 Å². The molecule has 0 aromatic heterocycles. The second kappa shape index (κ2) is 5.21. The van der Waals surface area contributed by atoms with Crippen LogP contribution in [0.1, 0.15) is 25.8 Å². The van der Waals surface area contributed by atoms with Gasteiger partial charge in [-0.3, -0.25) is 0 Å². The molecule has 2 rings (SSSR count). The molecule has 0 aliphatic carbocycles. The molecule has 0 saturated carbocycles. The standard InChI is InChI=1S/C13H19NO2/c1-3-10(2)14-9-11-5-4-6-12-13(11)16-8-7-15-12/h4-6,10,14H,3,7-9H2,1-2H3. The highest BCUT2D eigenvalue weighted by Crippen LogP contribution is 2.33. The molecule has 0 radical (unpaired) electrons. The van der Waals surface area contributed by atoms with Gasteiger partial charge in [0.25, 0.3) is 0 Å². The van der Waals surface area contributed by atoms with Crippen molar-refractivity contribution in [2.24, 2.45) is 0 Å². The van der Waals surface area contributed by atoms with Crippen LogP contribution >= 0.6 is 0 Å². The third-order valence-electron chi connectivity index (χ3n) is 2.90. The normalized spacial score (nSPS) is 15.9. The Kier molecular flexibility index (Phi) is 3.67. The number of benzene rings is 1. The molecule has 1 aliphatic heterocycles. The number of hydrogen-bond donors (Lipinski definition) is 1. The van der Waals surface area contributed by atoms with Gasteiger partial charge in [-0.1, -0.05) is 19.1 Å². The summed E-state index contributed by atoms with van der Waals surface area (Å²) in [6.07, 6.45) is 1.13. The smallest absolute Gasteiger partial charge is 0.165 e. The first-order chi connectivity index (χ1) is 7.81. The Morgan fingerprint density at radius 1 is 1.31 bits per heavy atom. The summed E-state index contributed by atoms with van der Waals surface area (Å²) in [4.78, 5) is 0. The highest BCUT2D eigenvalue weighted by molar-refractivity contribution is 5.47. The van der Waals surface area contributed by atoms with Gasteiger partial charge in [0.1, 0.15) is 13.2 Å². The summed E-state index contributed by atoms with van der Waals surface area (Å²) in [5.74, 6) is 1.78. The number of ether oxygens (including phenoxy) is 2. The van der Waals surface area contributed by atoms with E-state index in [4.69, 9.17) is 9.47 Å². The maximum atomic E-state index is 5.66. The van der Waals surface area contributed by atoms with Crippen LogP contribution in [0, 0.1) is 0 Å². The molecular weight excluding hydrogens is 202 g/mol. The van der Waals surface area contributed by atoms with Gasteiger partial charge in [0.05, 0.1) is 0 Å². The molecule has 1 heterocycles. The average Bonchev–Trinajstić information content (AvgIpc) is 2.35. The number of para-hydroxylation sites is 1. The fourth-order valence-corrected chi connectivity index (χ4v) is 1.70. The fraction of sp³-hybridized carbons (Fsp3) is 0.538. The second-order valence-corrected chi connectivity index (χ2v) is 4.13. The maximum Gasteiger partial charge on any atom is 0.165 e. The summed E-state index contributed by atoms with van der Waals surface area (Å²) in [5.41, 5.74) is 1.18. The minimum Gasteiger partial charge on any atom is -0.486 e. The van der Waals surface area contributed by atoms with E-state index in [9.17, 15) is 0 Å². The van der Waals surface area contributed by atoms with Crippen molar-refractivity contribution < 1.29 is 9.47 Å². The van der Waals surface area contributed by atoms with E-state index in [-0.39, 0.29) is 0 Å². The lowest BCUT2D eigenvalue weighted by Crippen LogP contribution is -2.25. The monoisotopic (exact) mass is 221 g/mol. The van der Waals surface area contributed by atoms with Gasteiger partial charge >= 0.3 is 0 Å². The molecule has 1 aromatic rings. The Morgan fingerprint density at radius 2 is 2.12 bits per heavy atom. The molecule has 1 atom stereocenters. The van der Waals surface area contributed by atoms with Crippen LogP contribution in [0.3, 0.4) is 0 Å². The number of fused-ring (bicyclic) bond motifs is 1. The van der Waals surface area contributed by atoms with Crippen molar-refractivity contribution >= 4 is 0 Å². The molecule has 16 heavy (non-hydrogen) atoms. The van der Waals surface area contributed by atoms with Crippen molar-refractivity contribution in [1.29, 1.82) is 0 Å². The van der Waals surface area contributed by atoms with Gasteiger partial charge in [0, 0.05) is 18.2 Å². The molecule has 3 nitrogen and oxygen atoms in total. The van der Waals surface area contributed by atoms with Crippen LogP contribution in [0.15, 0.2) is 18.2 Å². The van der Waals surface area contributed by atoms with Crippen molar-refractivity contribution in [2.45, 2.75) is 32.9 Å². The lowest BCUT2D eigenvalue weighted by Gasteiger charge is -2.21. The Morgan fingerprint density at radius 3 is 2.94 bits per heavy atom. The highest BCUT2D eigenvalue weighted by atomic mass is 16.6. The predicted octanol–water partition coefficient (Wildman–Crippen LogP) is 2.35. The quantitative estimate of drug-likeness (QED) is 0.846. The molecule has 0 bridgehead atoms. The summed E-state index contributed by atoms with van der Waals surface area (Å²) in [7, 11) is 0. The van der Waals surface area contributed by atoms with Crippen LogP contribution in [0.4, 0.5) is 0 Å². The molecule has 88 valence electrons. The highest BCUT2D eigenvalue weighted by Gasteiger charge is 2.15. The van der Waals surface area contributed by atoms with E-state index in [1.165, 1.54) is 5.56 Å². The summed E-state index contributed by atoms with van der Waals surface area (Å²) in [6.45, 7) is 6.49. The third-order valence-corrected chi connectivity index (χ3v) is 2.90. The lowest BCUT2D eigenvalue weighted by molar-refractivity contribution is 0.169. The van der Waals surface area contributed by atoms with Gasteiger partial charge in [-0.05, 0) is 19.4 Å². The summed E-state index contributed by atoms with van der Waals surface area (Å²) >= 11 is 0. The van der Waals surface area contributed by atoms with Crippen LogP contribution < -0.4 is 14.8 Å². The van der Waals surface area contributed by atoms with Gasteiger partial charge in [0.15, 0.2) is 11.5 Å². The van der Waals surface area contributed by atoms with E-state index in [1.807, 2.05) is 12.1 Å². The van der Waals surface area contributed by atoms with Gasteiger partial charge in [-0.2, -0.15) is 0 Å². The fourth-order valence-electron chi connectivity index (χ4n) is 1.70. The lowest BCUT2D eigenvalue weighted by atomic mass is 10.1. The van der Waals surface area contributed by atoms with Crippen molar-refractivity contribution in [3.05, 3.63) is 23.8 Å². The average molecular weight is 221 g/mol. The molecule has 3 heteroatoms. The van der Waals surface area contributed by atoms with E-state index >= 15 is 0 Å². The molecule has 0 amide bonds. The second-order valence-electron chi connectivity index (χ2n) is 4.13. The zero-order valence-corrected chi connectivity index (χ0v) is 9.95. The van der Waals surface area contributed by atoms with Crippen LogP contribution in [-0.4, -0.2) is 19.3 Å². The van der Waals surface area contributed by atoms with Crippen molar-refractivity contribution in [2.75, 3.05) is 13.2 Å². The zero-order valence-electron chi connectivity index (χ0n) is 9.95. The minimum absolute atomic E-state index is 0.528. The molecule has 1 N–H and O–H groups in total. The first-order valence-corrected chi connectivity index (χ1v) is 5.92. The molecule has 1 unspecified atom stereocenters. The Labute approximate surface area is 96.8 Å². The number of nitrogens with one attached hydrogen (secondary N) is 1. The Hall–Kier alpha value is -1.22. The molecule has 1 aromatic carbocycles. The SMILES string of the molecule is CCC(C)NCc1cccc2c1OCCO2. The van der Waals surface area contributed by atoms with Crippen LogP contribution in [0.2, 0.25) is 0 Å². The van der Waals surface area contributed by atoms with E-state index in [0.717, 1.165) is 24.5 Å². The first kappa shape index (κ1) is 11.3.